The highest BCUT2D eigenvalue weighted by atomic mass is 16.2. The number of rotatable bonds is 8. The van der Waals surface area contributed by atoms with Crippen molar-refractivity contribution in [1.29, 1.82) is 0 Å². The minimum atomic E-state index is -0.378. The average molecular weight is 298 g/mol. The molecule has 0 spiro atoms. The van der Waals surface area contributed by atoms with Gasteiger partial charge < -0.3 is 10.6 Å². The van der Waals surface area contributed by atoms with Gasteiger partial charge in [0.15, 0.2) is 0 Å². The second-order valence-electron chi connectivity index (χ2n) is 5.67. The molecular weight excluding hydrogens is 268 g/mol. The Morgan fingerprint density at radius 2 is 2.05 bits per heavy atom. The van der Waals surface area contributed by atoms with Crippen molar-refractivity contribution in [3.05, 3.63) is 0 Å². The summed E-state index contributed by atoms with van der Waals surface area (Å²) in [6, 6.07) is 0.0670. The molecule has 1 heterocycles. The molecular formula is C15H30N4O2. The molecule has 1 rings (SSSR count). The fraction of sp³-hybridized carbons (Fsp3) is 0.867. The van der Waals surface area contributed by atoms with E-state index in [4.69, 9.17) is 0 Å². The van der Waals surface area contributed by atoms with E-state index in [1.807, 2.05) is 7.05 Å². The van der Waals surface area contributed by atoms with E-state index >= 15 is 0 Å². The third-order valence-corrected chi connectivity index (χ3v) is 3.89. The van der Waals surface area contributed by atoms with Crippen LogP contribution in [0.15, 0.2) is 0 Å². The average Bonchev–Trinajstić information content (AvgIpc) is 2.46. The van der Waals surface area contributed by atoms with Gasteiger partial charge in [-0.25, -0.2) is 4.79 Å². The molecule has 1 fully saturated rings. The van der Waals surface area contributed by atoms with Gasteiger partial charge in [0.1, 0.15) is 0 Å². The van der Waals surface area contributed by atoms with Gasteiger partial charge in [0.2, 0.25) is 5.91 Å². The van der Waals surface area contributed by atoms with Gasteiger partial charge in [-0.05, 0) is 45.8 Å². The van der Waals surface area contributed by atoms with Gasteiger partial charge in [-0.15, -0.1) is 0 Å². The zero-order valence-electron chi connectivity index (χ0n) is 13.4. The summed E-state index contributed by atoms with van der Waals surface area (Å²) in [6.45, 7) is 4.89. The Morgan fingerprint density at radius 3 is 2.76 bits per heavy atom. The van der Waals surface area contributed by atoms with Crippen LogP contribution in [0, 0.1) is 0 Å². The van der Waals surface area contributed by atoms with Crippen LogP contribution in [-0.2, 0) is 4.79 Å². The van der Waals surface area contributed by atoms with E-state index in [9.17, 15) is 9.59 Å². The Balaban J connectivity index is 2.31. The van der Waals surface area contributed by atoms with Gasteiger partial charge in [0.25, 0.3) is 0 Å². The quantitative estimate of drug-likeness (QED) is 0.586. The highest BCUT2D eigenvalue weighted by Crippen LogP contribution is 2.18. The number of piperidine rings is 1. The maximum absolute atomic E-state index is 11.9. The van der Waals surface area contributed by atoms with Gasteiger partial charge >= 0.3 is 6.03 Å². The van der Waals surface area contributed by atoms with E-state index in [1.54, 1.807) is 0 Å². The molecule has 1 unspecified atom stereocenters. The van der Waals surface area contributed by atoms with E-state index in [-0.39, 0.29) is 11.9 Å². The SMILES string of the molecule is CCCCNC(=O)NC(=O)CN1CCCCC1CCNC. The van der Waals surface area contributed by atoms with E-state index < -0.39 is 0 Å². The second-order valence-corrected chi connectivity index (χ2v) is 5.67. The number of likely N-dealkylation sites (tertiary alicyclic amines) is 1. The summed E-state index contributed by atoms with van der Waals surface area (Å²) in [7, 11) is 1.94. The summed E-state index contributed by atoms with van der Waals surface area (Å²) in [5.41, 5.74) is 0. The Kier molecular flexibility index (Phi) is 9.01. The number of nitrogens with one attached hydrogen (secondary N) is 3. The van der Waals surface area contributed by atoms with Crippen molar-refractivity contribution >= 4 is 11.9 Å². The number of carbonyl (C=O) groups is 2. The van der Waals surface area contributed by atoms with E-state index in [2.05, 4.69) is 27.8 Å². The smallest absolute Gasteiger partial charge is 0.321 e. The number of urea groups is 1. The fourth-order valence-electron chi connectivity index (χ4n) is 2.68. The molecule has 1 saturated heterocycles. The van der Waals surface area contributed by atoms with Crippen LogP contribution >= 0.6 is 0 Å². The summed E-state index contributed by atoms with van der Waals surface area (Å²) in [6.07, 6.45) is 6.50. The molecule has 21 heavy (non-hydrogen) atoms. The van der Waals surface area contributed by atoms with Crippen LogP contribution < -0.4 is 16.0 Å². The molecule has 0 radical (unpaired) electrons. The minimum absolute atomic E-state index is 0.208. The number of nitrogens with zero attached hydrogens (tertiary/aromatic N) is 1. The van der Waals surface area contributed by atoms with Gasteiger partial charge in [-0.3, -0.25) is 15.0 Å². The zero-order chi connectivity index (χ0) is 15.5. The summed E-state index contributed by atoms with van der Waals surface area (Å²) in [5.74, 6) is -0.208. The molecule has 1 atom stereocenters. The fourth-order valence-corrected chi connectivity index (χ4v) is 2.68. The largest absolute Gasteiger partial charge is 0.338 e. The highest BCUT2D eigenvalue weighted by molar-refractivity contribution is 5.95. The lowest BCUT2D eigenvalue weighted by molar-refractivity contribution is -0.122. The topological polar surface area (TPSA) is 73.5 Å². The van der Waals surface area contributed by atoms with Gasteiger partial charge in [-0.1, -0.05) is 19.8 Å². The lowest BCUT2D eigenvalue weighted by atomic mass is 9.99. The number of carbonyl (C=O) groups excluding carboxylic acids is 2. The van der Waals surface area contributed by atoms with Crippen LogP contribution in [0.3, 0.4) is 0 Å². The van der Waals surface area contributed by atoms with E-state index in [0.29, 0.717) is 19.1 Å². The number of hydrogen-bond donors (Lipinski definition) is 3. The molecule has 3 amide bonds. The van der Waals surface area contributed by atoms with E-state index in [1.165, 1.54) is 6.42 Å². The Hall–Kier alpha value is -1.14. The van der Waals surface area contributed by atoms with Gasteiger partial charge in [0, 0.05) is 12.6 Å². The second kappa shape index (κ2) is 10.6. The van der Waals surface area contributed by atoms with Crippen LogP contribution in [0.5, 0.6) is 0 Å². The predicted octanol–water partition coefficient (Wildman–Crippen LogP) is 1.08. The third kappa shape index (κ3) is 7.43. The van der Waals surface area contributed by atoms with Gasteiger partial charge in [-0.2, -0.15) is 0 Å². The van der Waals surface area contributed by atoms with Crippen molar-refractivity contribution in [2.24, 2.45) is 0 Å². The maximum Gasteiger partial charge on any atom is 0.321 e. The Morgan fingerprint density at radius 1 is 1.24 bits per heavy atom. The first-order valence-electron chi connectivity index (χ1n) is 8.13. The number of imide groups is 1. The first-order valence-corrected chi connectivity index (χ1v) is 8.13. The number of unbranched alkanes of at least 4 members (excludes halogenated alkanes) is 1. The predicted molar refractivity (Wildman–Crippen MR) is 84.2 cm³/mol. The highest BCUT2D eigenvalue weighted by Gasteiger charge is 2.24. The van der Waals surface area contributed by atoms with Crippen LogP contribution in [0.25, 0.3) is 0 Å². The standard InChI is InChI=1S/C15H30N4O2/c1-3-4-9-17-15(21)18-14(20)12-19-11-6-5-7-13(19)8-10-16-2/h13,16H,3-12H2,1-2H3,(H2,17,18,20,21). The summed E-state index contributed by atoms with van der Waals surface area (Å²) < 4.78 is 0. The summed E-state index contributed by atoms with van der Waals surface area (Å²) >= 11 is 0. The summed E-state index contributed by atoms with van der Waals surface area (Å²) in [5, 5.41) is 8.27. The van der Waals surface area contributed by atoms with Crippen molar-refractivity contribution in [3.63, 3.8) is 0 Å². The first-order chi connectivity index (χ1) is 10.2. The molecule has 0 aromatic rings. The normalized spacial score (nSPS) is 19.2. The van der Waals surface area contributed by atoms with Crippen molar-refractivity contribution in [3.8, 4) is 0 Å². The van der Waals surface area contributed by atoms with Crippen molar-refractivity contribution in [1.82, 2.24) is 20.9 Å². The van der Waals surface area contributed by atoms with Crippen molar-refractivity contribution < 1.29 is 9.59 Å². The van der Waals surface area contributed by atoms with Crippen molar-refractivity contribution in [2.75, 3.05) is 33.2 Å². The molecule has 0 bridgehead atoms. The monoisotopic (exact) mass is 298 g/mol. The van der Waals surface area contributed by atoms with Crippen LogP contribution in [-0.4, -0.2) is 56.1 Å². The van der Waals surface area contributed by atoms with E-state index in [0.717, 1.165) is 45.2 Å². The van der Waals surface area contributed by atoms with Crippen molar-refractivity contribution in [2.45, 2.75) is 51.5 Å². The zero-order valence-corrected chi connectivity index (χ0v) is 13.4. The first kappa shape index (κ1) is 17.9. The molecule has 0 saturated carbocycles. The molecule has 122 valence electrons. The Bertz CT molecular complexity index is 323. The number of hydrogen-bond acceptors (Lipinski definition) is 4. The van der Waals surface area contributed by atoms with Crippen LogP contribution in [0.4, 0.5) is 4.79 Å². The summed E-state index contributed by atoms with van der Waals surface area (Å²) in [4.78, 5) is 25.7. The molecule has 1 aliphatic rings. The minimum Gasteiger partial charge on any atom is -0.338 e. The molecule has 0 aliphatic carbocycles. The molecule has 0 aromatic carbocycles. The third-order valence-electron chi connectivity index (χ3n) is 3.89. The van der Waals surface area contributed by atoms with Crippen LogP contribution in [0.1, 0.15) is 45.4 Å². The Labute approximate surface area is 128 Å². The van der Waals surface area contributed by atoms with Crippen LogP contribution in [0.2, 0.25) is 0 Å². The lowest BCUT2D eigenvalue weighted by Crippen LogP contribution is -2.49. The van der Waals surface area contributed by atoms with Gasteiger partial charge in [0.05, 0.1) is 6.54 Å². The molecule has 6 nitrogen and oxygen atoms in total. The molecule has 0 aromatic heterocycles. The molecule has 1 aliphatic heterocycles. The number of amides is 3. The molecule has 6 heteroatoms. The molecule has 3 N–H and O–H groups in total. The maximum atomic E-state index is 11.9. The lowest BCUT2D eigenvalue weighted by Gasteiger charge is -2.35.